The quantitative estimate of drug-likeness (QED) is 0.482. The second-order valence-electron chi connectivity index (χ2n) is 10.3. The van der Waals surface area contributed by atoms with Gasteiger partial charge in [-0.15, -0.1) is 0 Å². The maximum Gasteiger partial charge on any atom is 0.393 e. The van der Waals surface area contributed by atoms with Gasteiger partial charge in [-0.3, -0.25) is 14.3 Å². The van der Waals surface area contributed by atoms with Gasteiger partial charge < -0.3 is 10.6 Å². The second-order valence-corrected chi connectivity index (χ2v) is 10.3. The summed E-state index contributed by atoms with van der Waals surface area (Å²) in [5.41, 5.74) is 2.25. The number of nitrogens with one attached hydrogen (secondary N) is 2. The van der Waals surface area contributed by atoms with Crippen LogP contribution in [0.4, 0.5) is 13.2 Å². The molecule has 0 spiro atoms. The molecule has 5 rings (SSSR count). The second kappa shape index (κ2) is 10.7. The molecule has 12 heteroatoms. The highest BCUT2D eigenvalue weighted by molar-refractivity contribution is 5.92. The molecule has 4 heterocycles. The van der Waals surface area contributed by atoms with E-state index in [1.165, 1.54) is 6.42 Å². The largest absolute Gasteiger partial charge is 0.393 e. The topological polar surface area (TPSA) is 106 Å². The fourth-order valence-corrected chi connectivity index (χ4v) is 5.67. The van der Waals surface area contributed by atoms with Gasteiger partial charge in [-0.25, -0.2) is 9.50 Å². The number of aryl methyl sites for hydroxylation is 1. The average molecular weight is 532 g/mol. The molecular formula is C26H32F3N7O2. The summed E-state index contributed by atoms with van der Waals surface area (Å²) in [6, 6.07) is 4.83. The van der Waals surface area contributed by atoms with Gasteiger partial charge in [0.25, 0.3) is 5.91 Å². The highest BCUT2D eigenvalue weighted by atomic mass is 19.4. The third kappa shape index (κ3) is 5.53. The SMILES string of the molecule is CCn1nccc1C(=O)NC(c1cn2nc(CC3C[C@@H](C(F)(F)F)CNC3=O)ccc2n1)C1CCCCC1. The van der Waals surface area contributed by atoms with Crippen LogP contribution in [0.5, 0.6) is 0 Å². The van der Waals surface area contributed by atoms with Gasteiger partial charge in [0.1, 0.15) is 5.69 Å². The van der Waals surface area contributed by atoms with E-state index in [9.17, 15) is 22.8 Å². The molecule has 1 saturated carbocycles. The van der Waals surface area contributed by atoms with Crippen molar-refractivity contribution >= 4 is 17.5 Å². The van der Waals surface area contributed by atoms with Gasteiger partial charge >= 0.3 is 6.18 Å². The lowest BCUT2D eigenvalue weighted by Crippen LogP contribution is -2.47. The Morgan fingerprint density at radius 2 is 2.00 bits per heavy atom. The highest BCUT2D eigenvalue weighted by Crippen LogP contribution is 2.35. The van der Waals surface area contributed by atoms with Crippen LogP contribution in [0.25, 0.3) is 5.65 Å². The Morgan fingerprint density at radius 3 is 2.74 bits per heavy atom. The summed E-state index contributed by atoms with van der Waals surface area (Å²) >= 11 is 0. The van der Waals surface area contributed by atoms with Gasteiger partial charge in [-0.05, 0) is 50.3 Å². The Morgan fingerprint density at radius 1 is 1.21 bits per heavy atom. The fourth-order valence-electron chi connectivity index (χ4n) is 5.67. The van der Waals surface area contributed by atoms with Crippen LogP contribution in [0, 0.1) is 17.8 Å². The molecule has 3 aromatic heterocycles. The molecule has 2 N–H and O–H groups in total. The predicted octanol–water partition coefficient (Wildman–Crippen LogP) is 3.85. The summed E-state index contributed by atoms with van der Waals surface area (Å²) in [6.45, 7) is 2.12. The zero-order chi connectivity index (χ0) is 26.9. The predicted molar refractivity (Wildman–Crippen MR) is 132 cm³/mol. The van der Waals surface area contributed by atoms with Crippen LogP contribution in [0.2, 0.25) is 0 Å². The van der Waals surface area contributed by atoms with Crippen LogP contribution in [0.1, 0.15) is 73.4 Å². The lowest BCUT2D eigenvalue weighted by Gasteiger charge is -2.30. The molecule has 3 aromatic rings. The Kier molecular flexibility index (Phi) is 7.40. The van der Waals surface area contributed by atoms with E-state index in [1.807, 2.05) is 6.92 Å². The van der Waals surface area contributed by atoms with Crippen molar-refractivity contribution in [2.24, 2.45) is 17.8 Å². The van der Waals surface area contributed by atoms with Gasteiger partial charge in [0, 0.05) is 31.6 Å². The molecule has 0 bridgehead atoms. The number of fused-ring (bicyclic) bond motifs is 1. The molecule has 1 aliphatic carbocycles. The number of alkyl halides is 3. The van der Waals surface area contributed by atoms with Crippen molar-refractivity contribution in [3.63, 3.8) is 0 Å². The molecule has 2 amide bonds. The number of nitrogens with zero attached hydrogens (tertiary/aromatic N) is 5. The molecule has 3 atom stereocenters. The van der Waals surface area contributed by atoms with E-state index in [4.69, 9.17) is 4.98 Å². The Bertz CT molecular complexity index is 1300. The summed E-state index contributed by atoms with van der Waals surface area (Å²) in [4.78, 5) is 30.2. The molecule has 0 aromatic carbocycles. The maximum atomic E-state index is 13.2. The Balaban J connectivity index is 1.38. The van der Waals surface area contributed by atoms with E-state index in [0.29, 0.717) is 29.3 Å². The van der Waals surface area contributed by atoms with Crippen molar-refractivity contribution < 1.29 is 22.8 Å². The summed E-state index contributed by atoms with van der Waals surface area (Å²) in [7, 11) is 0. The van der Waals surface area contributed by atoms with Crippen LogP contribution in [-0.4, -0.2) is 48.9 Å². The van der Waals surface area contributed by atoms with E-state index in [0.717, 1.165) is 25.7 Å². The maximum absolute atomic E-state index is 13.2. The third-order valence-corrected chi connectivity index (χ3v) is 7.75. The number of hydrogen-bond donors (Lipinski definition) is 2. The number of amides is 2. The van der Waals surface area contributed by atoms with Crippen LogP contribution in [0.15, 0.2) is 30.6 Å². The molecule has 0 radical (unpaired) electrons. The minimum Gasteiger partial charge on any atom is -0.355 e. The van der Waals surface area contributed by atoms with Crippen molar-refractivity contribution in [2.45, 2.75) is 70.6 Å². The van der Waals surface area contributed by atoms with Crippen LogP contribution < -0.4 is 10.6 Å². The van der Waals surface area contributed by atoms with Gasteiger partial charge in [0.15, 0.2) is 5.65 Å². The minimum absolute atomic E-state index is 0.103. The van der Waals surface area contributed by atoms with Crippen molar-refractivity contribution in [1.82, 2.24) is 35.0 Å². The van der Waals surface area contributed by atoms with Crippen LogP contribution >= 0.6 is 0 Å². The summed E-state index contributed by atoms with van der Waals surface area (Å²) < 4.78 is 42.9. The molecule has 9 nitrogen and oxygen atoms in total. The molecule has 38 heavy (non-hydrogen) atoms. The number of halogens is 3. The van der Waals surface area contributed by atoms with Crippen LogP contribution in [0.3, 0.4) is 0 Å². The van der Waals surface area contributed by atoms with Crippen molar-refractivity contribution in [2.75, 3.05) is 6.54 Å². The lowest BCUT2D eigenvalue weighted by molar-refractivity contribution is -0.183. The van der Waals surface area contributed by atoms with Gasteiger partial charge in [-0.1, -0.05) is 19.3 Å². The van der Waals surface area contributed by atoms with Gasteiger partial charge in [0.05, 0.1) is 29.5 Å². The smallest absolute Gasteiger partial charge is 0.355 e. The first-order valence-electron chi connectivity index (χ1n) is 13.2. The Labute approximate surface area is 218 Å². The van der Waals surface area contributed by atoms with E-state index in [1.54, 1.807) is 39.8 Å². The summed E-state index contributed by atoms with van der Waals surface area (Å²) in [5.74, 6) is -2.74. The number of imidazole rings is 1. The van der Waals surface area contributed by atoms with E-state index in [2.05, 4.69) is 20.8 Å². The summed E-state index contributed by atoms with van der Waals surface area (Å²) in [5, 5.41) is 14.3. The normalized spacial score (nSPS) is 21.8. The number of carbonyl (C=O) groups is 2. The molecule has 2 fully saturated rings. The van der Waals surface area contributed by atoms with Crippen molar-refractivity contribution in [1.29, 1.82) is 0 Å². The van der Waals surface area contributed by atoms with Crippen molar-refractivity contribution in [3.8, 4) is 0 Å². The molecule has 2 unspecified atom stereocenters. The molecule has 204 valence electrons. The molecule has 1 aliphatic heterocycles. The Hall–Kier alpha value is -3.44. The lowest BCUT2D eigenvalue weighted by atomic mass is 9.82. The standard InChI is InChI=1S/C26H32F3N7O2/c1-2-35-21(10-11-31-35)25(38)33-23(16-6-4-3-5-7-16)20-15-36-22(32-20)9-8-19(34-36)13-17-12-18(26(27,28)29)14-30-24(17)37/h8-11,15-18,23H,2-7,12-14H2,1H3,(H,30,37)(H,33,38)/t17?,18-,23?/m1/s1. The highest BCUT2D eigenvalue weighted by Gasteiger charge is 2.44. The molecular weight excluding hydrogens is 499 g/mol. The first-order chi connectivity index (χ1) is 18.2. The monoisotopic (exact) mass is 531 g/mol. The number of rotatable bonds is 7. The molecule has 2 aliphatic rings. The van der Waals surface area contributed by atoms with E-state index >= 15 is 0 Å². The zero-order valence-corrected chi connectivity index (χ0v) is 21.2. The zero-order valence-electron chi connectivity index (χ0n) is 21.2. The van der Waals surface area contributed by atoms with Gasteiger partial charge in [-0.2, -0.15) is 23.4 Å². The number of carbonyl (C=O) groups excluding carboxylic acids is 2. The van der Waals surface area contributed by atoms with E-state index < -0.39 is 18.0 Å². The van der Waals surface area contributed by atoms with Crippen LogP contribution in [-0.2, 0) is 17.8 Å². The molecule has 1 saturated heterocycles. The average Bonchev–Trinajstić information content (AvgIpc) is 3.55. The number of piperidine rings is 1. The first kappa shape index (κ1) is 26.2. The van der Waals surface area contributed by atoms with E-state index in [-0.39, 0.29) is 43.2 Å². The minimum atomic E-state index is -4.35. The summed E-state index contributed by atoms with van der Waals surface area (Å²) in [6.07, 6.45) is 4.16. The third-order valence-electron chi connectivity index (χ3n) is 7.75. The number of aromatic nitrogens is 5. The first-order valence-corrected chi connectivity index (χ1v) is 13.2. The number of hydrogen-bond acceptors (Lipinski definition) is 5. The van der Waals surface area contributed by atoms with Gasteiger partial charge in [0.2, 0.25) is 5.91 Å². The fraction of sp³-hybridized carbons (Fsp3) is 0.577. The van der Waals surface area contributed by atoms with Crippen molar-refractivity contribution in [3.05, 3.63) is 47.7 Å².